The number of hydrogen-bond donors (Lipinski definition) is 2. The van der Waals surface area contributed by atoms with E-state index < -0.39 is 35.6 Å². The Balaban J connectivity index is 1.88. The third-order valence-corrected chi connectivity index (χ3v) is 9.20. The highest BCUT2D eigenvalue weighted by Crippen LogP contribution is 2.45. The van der Waals surface area contributed by atoms with Crippen molar-refractivity contribution in [1.29, 1.82) is 0 Å². The van der Waals surface area contributed by atoms with Crippen LogP contribution in [0, 0.1) is 24.2 Å². The summed E-state index contributed by atoms with van der Waals surface area (Å²) in [6, 6.07) is 0. The highest BCUT2D eigenvalue weighted by atomic mass is 35.5. The second-order valence-electron chi connectivity index (χ2n) is 11.5. The maximum atomic E-state index is 13.6. The van der Waals surface area contributed by atoms with E-state index in [-0.39, 0.29) is 29.8 Å². The number of carbonyl (C=O) groups excluding carboxylic acids is 2. The van der Waals surface area contributed by atoms with Crippen molar-refractivity contribution in [3.8, 4) is 0 Å². The second-order valence-corrected chi connectivity index (χ2v) is 13.0. The molecule has 0 spiro atoms. The molecule has 1 aromatic rings. The van der Waals surface area contributed by atoms with Crippen molar-refractivity contribution in [3.63, 3.8) is 0 Å². The van der Waals surface area contributed by atoms with Gasteiger partial charge in [0, 0.05) is 17.7 Å². The van der Waals surface area contributed by atoms with E-state index in [2.05, 4.69) is 4.98 Å². The van der Waals surface area contributed by atoms with Crippen molar-refractivity contribution in [2.75, 3.05) is 0 Å². The van der Waals surface area contributed by atoms with Gasteiger partial charge in [-0.3, -0.25) is 9.59 Å². The Bertz CT molecular complexity index is 993. The lowest BCUT2D eigenvalue weighted by Gasteiger charge is -2.36. The van der Waals surface area contributed by atoms with Crippen molar-refractivity contribution in [1.82, 2.24) is 4.98 Å². The van der Waals surface area contributed by atoms with Gasteiger partial charge in [0.05, 0.1) is 51.5 Å². The van der Waals surface area contributed by atoms with E-state index in [1.807, 2.05) is 33.1 Å². The van der Waals surface area contributed by atoms with E-state index in [4.69, 9.17) is 21.1 Å². The van der Waals surface area contributed by atoms with Crippen LogP contribution in [0.15, 0.2) is 10.4 Å². The van der Waals surface area contributed by atoms with Crippen LogP contribution in [0.2, 0.25) is 0 Å². The fourth-order valence-electron chi connectivity index (χ4n) is 5.27. The van der Waals surface area contributed by atoms with Crippen molar-refractivity contribution >= 4 is 40.8 Å². The van der Waals surface area contributed by atoms with Crippen LogP contribution in [0.1, 0.15) is 90.3 Å². The summed E-state index contributed by atoms with van der Waals surface area (Å²) >= 11 is 8.15. The molecule has 0 radical (unpaired) electrons. The normalized spacial score (nSPS) is 36.1. The number of nitrogens with zero attached hydrogens (tertiary/aromatic N) is 1. The summed E-state index contributed by atoms with van der Waals surface area (Å²) in [5.41, 5.74) is -0.903. The molecule has 3 rings (SSSR count). The maximum Gasteiger partial charge on any atom is 0.309 e. The number of cyclic esters (lactones) is 1. The smallest absolute Gasteiger partial charge is 0.309 e. The van der Waals surface area contributed by atoms with Gasteiger partial charge in [0.15, 0.2) is 0 Å². The lowest BCUT2D eigenvalue weighted by molar-refractivity contribution is -0.154. The first-order chi connectivity index (χ1) is 17.3. The van der Waals surface area contributed by atoms with Crippen molar-refractivity contribution in [2.24, 2.45) is 17.3 Å². The van der Waals surface area contributed by atoms with Gasteiger partial charge in [-0.25, -0.2) is 4.98 Å². The number of fused-ring (bicyclic) bond motifs is 1. The molecular formula is C28H42ClNO6S. The van der Waals surface area contributed by atoms with E-state index in [1.165, 1.54) is 11.3 Å². The van der Waals surface area contributed by atoms with E-state index in [0.29, 0.717) is 23.6 Å². The molecule has 1 aromatic heterocycles. The molecule has 2 aliphatic heterocycles. The SMILES string of the molecule is CCC[C@H]1C(=O)C(C)(C)[C@@H](O)CC(=O)O[C@H](/C(Cl)=C/c2csc(C)n2)C[C@@H]2O[C@]2(C)CCC[C@H](C)[C@@H]1O. The van der Waals surface area contributed by atoms with Gasteiger partial charge in [0.2, 0.25) is 0 Å². The Labute approximate surface area is 229 Å². The Hall–Kier alpha value is -1.32. The minimum Gasteiger partial charge on any atom is -0.456 e. The van der Waals surface area contributed by atoms with Crippen LogP contribution < -0.4 is 0 Å². The molecule has 2 saturated heterocycles. The predicted molar refractivity (Wildman–Crippen MR) is 145 cm³/mol. The van der Waals surface area contributed by atoms with Crippen LogP contribution in [-0.4, -0.2) is 57.0 Å². The maximum absolute atomic E-state index is 13.6. The van der Waals surface area contributed by atoms with Gasteiger partial charge in [-0.05, 0) is 45.1 Å². The van der Waals surface area contributed by atoms with Gasteiger partial charge in [-0.2, -0.15) is 0 Å². The molecule has 7 nitrogen and oxygen atoms in total. The summed E-state index contributed by atoms with van der Waals surface area (Å²) < 4.78 is 11.8. The molecule has 3 heterocycles. The molecule has 0 saturated carbocycles. The number of halogens is 1. The minimum atomic E-state index is -1.27. The summed E-state index contributed by atoms with van der Waals surface area (Å²) in [5.74, 6) is -1.57. The largest absolute Gasteiger partial charge is 0.456 e. The fourth-order valence-corrected chi connectivity index (χ4v) is 6.09. The summed E-state index contributed by atoms with van der Waals surface area (Å²) in [6.45, 7) is 11.2. The van der Waals surface area contributed by atoms with E-state index in [0.717, 1.165) is 30.7 Å². The number of epoxide rings is 1. The zero-order valence-corrected chi connectivity index (χ0v) is 24.4. The first kappa shape index (κ1) is 30.2. The molecule has 0 unspecified atom stereocenters. The Morgan fingerprint density at radius 3 is 2.62 bits per heavy atom. The molecule has 0 amide bonds. The number of aryl methyl sites for hydroxylation is 1. The average Bonchev–Trinajstić information content (AvgIpc) is 3.27. The summed E-state index contributed by atoms with van der Waals surface area (Å²) in [5, 5.41) is 25.3. The van der Waals surface area contributed by atoms with Gasteiger partial charge in [-0.1, -0.05) is 52.1 Å². The van der Waals surface area contributed by atoms with Gasteiger partial charge < -0.3 is 19.7 Å². The number of ether oxygens (including phenoxy) is 2. The number of aromatic nitrogens is 1. The summed E-state index contributed by atoms with van der Waals surface area (Å²) in [6.07, 6.45) is 2.38. The third-order valence-electron chi connectivity index (χ3n) is 8.06. The Kier molecular flexibility index (Phi) is 10.0. The number of ketones is 1. The quantitative estimate of drug-likeness (QED) is 0.376. The molecule has 0 aromatic carbocycles. The average molecular weight is 556 g/mol. The summed E-state index contributed by atoms with van der Waals surface area (Å²) in [7, 11) is 0. The molecule has 2 N–H and O–H groups in total. The number of Topliss-reactive ketones (excluding diaryl/α,β-unsaturated/α-hetero) is 1. The topological polar surface area (TPSA) is 109 Å². The molecule has 2 aliphatic rings. The van der Waals surface area contributed by atoms with Crippen LogP contribution >= 0.6 is 22.9 Å². The first-order valence-electron chi connectivity index (χ1n) is 13.4. The van der Waals surface area contributed by atoms with Crippen LogP contribution in [0.3, 0.4) is 0 Å². The predicted octanol–water partition coefficient (Wildman–Crippen LogP) is 5.43. The van der Waals surface area contributed by atoms with E-state index >= 15 is 0 Å². The van der Waals surface area contributed by atoms with Gasteiger partial charge in [0.1, 0.15) is 11.9 Å². The van der Waals surface area contributed by atoms with Crippen molar-refractivity contribution < 1.29 is 29.3 Å². The highest BCUT2D eigenvalue weighted by molar-refractivity contribution is 7.09. The second kappa shape index (κ2) is 12.2. The van der Waals surface area contributed by atoms with Gasteiger partial charge >= 0.3 is 5.97 Å². The van der Waals surface area contributed by atoms with Gasteiger partial charge in [-0.15, -0.1) is 11.3 Å². The number of carbonyl (C=O) groups is 2. The molecule has 0 aliphatic carbocycles. The molecule has 7 atom stereocenters. The zero-order valence-electron chi connectivity index (χ0n) is 22.8. The number of aliphatic hydroxyl groups excluding tert-OH is 2. The highest BCUT2D eigenvalue weighted by Gasteiger charge is 2.53. The zero-order chi connectivity index (χ0) is 27.5. The summed E-state index contributed by atoms with van der Waals surface area (Å²) in [4.78, 5) is 31.0. The van der Waals surface area contributed by atoms with Gasteiger partial charge in [0.25, 0.3) is 0 Å². The Morgan fingerprint density at radius 1 is 1.30 bits per heavy atom. The molecule has 0 bridgehead atoms. The number of thiazole rings is 1. The molecular weight excluding hydrogens is 514 g/mol. The third kappa shape index (κ3) is 7.41. The van der Waals surface area contributed by atoms with Crippen LogP contribution in [0.5, 0.6) is 0 Å². The van der Waals surface area contributed by atoms with Crippen LogP contribution in [0.25, 0.3) is 6.08 Å². The standard InChI is InChI=1S/C28H42ClNO6S/c1-7-9-19-25(33)16(2)10-8-11-28(6)23(36-28)13-21(20(29)12-18-15-37-17(3)30-18)35-24(32)14-22(31)27(4,5)26(19)34/h12,15-16,19,21-23,25,31,33H,7-11,13-14H2,1-6H3/b20-12-/t16-,19+,21-,22-,23-,25-,28+/m0/s1. The molecule has 208 valence electrons. The number of esters is 1. The lowest BCUT2D eigenvalue weighted by atomic mass is 9.71. The van der Waals surface area contributed by atoms with E-state index in [1.54, 1.807) is 19.9 Å². The number of hydrogen-bond acceptors (Lipinski definition) is 8. The Morgan fingerprint density at radius 2 is 2.00 bits per heavy atom. The van der Waals surface area contributed by atoms with Crippen LogP contribution in [0.4, 0.5) is 0 Å². The molecule has 2 fully saturated rings. The van der Waals surface area contributed by atoms with Crippen molar-refractivity contribution in [3.05, 3.63) is 21.1 Å². The lowest BCUT2D eigenvalue weighted by Crippen LogP contribution is -2.46. The monoisotopic (exact) mass is 555 g/mol. The fraction of sp³-hybridized carbons (Fsp3) is 0.750. The first-order valence-corrected chi connectivity index (χ1v) is 14.6. The number of aliphatic hydroxyl groups is 2. The number of rotatable bonds is 4. The minimum absolute atomic E-state index is 0.0844. The van der Waals surface area contributed by atoms with E-state index in [9.17, 15) is 19.8 Å². The van der Waals surface area contributed by atoms with Crippen LogP contribution in [-0.2, 0) is 19.1 Å². The van der Waals surface area contributed by atoms with Crippen molar-refractivity contribution in [2.45, 2.75) is 117 Å². The molecule has 9 heteroatoms. The molecule has 37 heavy (non-hydrogen) atoms.